The molecular formula is C19H22FN5O2. The number of hydrogen-bond donors (Lipinski definition) is 0. The van der Waals surface area contributed by atoms with Crippen LogP contribution in [0.1, 0.15) is 23.2 Å². The van der Waals surface area contributed by atoms with Gasteiger partial charge in [0, 0.05) is 19.3 Å². The molecule has 8 heteroatoms. The summed E-state index contributed by atoms with van der Waals surface area (Å²) in [6, 6.07) is 4.58. The molecule has 2 saturated heterocycles. The van der Waals surface area contributed by atoms with Crippen LogP contribution in [0.2, 0.25) is 0 Å². The molecule has 1 atom stereocenters. The van der Waals surface area contributed by atoms with Crippen LogP contribution in [0, 0.1) is 11.7 Å². The van der Waals surface area contributed by atoms with Gasteiger partial charge in [-0.3, -0.25) is 9.69 Å². The number of halogens is 1. The summed E-state index contributed by atoms with van der Waals surface area (Å²) in [5.41, 5.74) is 0.522. The van der Waals surface area contributed by atoms with E-state index in [1.54, 1.807) is 12.1 Å². The van der Waals surface area contributed by atoms with Gasteiger partial charge in [-0.1, -0.05) is 0 Å². The van der Waals surface area contributed by atoms with Gasteiger partial charge in [-0.05, 0) is 50.6 Å². The van der Waals surface area contributed by atoms with Crippen molar-refractivity contribution in [1.82, 2.24) is 25.0 Å². The third-order valence-corrected chi connectivity index (χ3v) is 5.62. The van der Waals surface area contributed by atoms with E-state index in [2.05, 4.69) is 27.1 Å². The number of carbonyl (C=O) groups excluding carboxylic acids is 1. The summed E-state index contributed by atoms with van der Waals surface area (Å²) >= 11 is 0. The topological polar surface area (TPSA) is 71.5 Å². The van der Waals surface area contributed by atoms with Crippen molar-refractivity contribution >= 4 is 5.91 Å². The van der Waals surface area contributed by atoms with Crippen LogP contribution in [0.4, 0.5) is 4.39 Å². The van der Waals surface area contributed by atoms with E-state index in [-0.39, 0.29) is 17.3 Å². The van der Waals surface area contributed by atoms with Gasteiger partial charge in [-0.15, -0.1) is 0 Å². The fraction of sp³-hybridized carbons (Fsp3) is 0.474. The van der Waals surface area contributed by atoms with Crippen molar-refractivity contribution in [3.05, 3.63) is 48.2 Å². The van der Waals surface area contributed by atoms with Gasteiger partial charge in [0.2, 0.25) is 5.88 Å². The lowest BCUT2D eigenvalue weighted by Crippen LogP contribution is -2.72. The number of aromatic nitrogens is 3. The Balaban J connectivity index is 1.36. The highest BCUT2D eigenvalue weighted by atomic mass is 19.1. The molecule has 27 heavy (non-hydrogen) atoms. The van der Waals surface area contributed by atoms with Gasteiger partial charge in [0.25, 0.3) is 5.91 Å². The average molecular weight is 371 g/mol. The Morgan fingerprint density at radius 2 is 2.19 bits per heavy atom. The summed E-state index contributed by atoms with van der Waals surface area (Å²) < 4.78 is 19.3. The monoisotopic (exact) mass is 371 g/mol. The molecule has 0 bridgehead atoms. The maximum Gasteiger partial charge on any atom is 0.255 e. The van der Waals surface area contributed by atoms with Crippen LogP contribution in [0.3, 0.4) is 0 Å². The Morgan fingerprint density at radius 3 is 2.93 bits per heavy atom. The fourth-order valence-electron chi connectivity index (χ4n) is 4.00. The predicted molar refractivity (Wildman–Crippen MR) is 95.7 cm³/mol. The van der Waals surface area contributed by atoms with Gasteiger partial charge in [-0.25, -0.2) is 9.37 Å². The molecule has 4 rings (SSSR count). The molecule has 2 aliphatic heterocycles. The van der Waals surface area contributed by atoms with E-state index < -0.39 is 5.82 Å². The molecule has 2 aromatic heterocycles. The number of ether oxygens (including phenoxy) is 1. The van der Waals surface area contributed by atoms with Crippen molar-refractivity contribution in [2.24, 2.45) is 5.92 Å². The van der Waals surface area contributed by atoms with Gasteiger partial charge in [-0.2, -0.15) is 10.2 Å². The first-order valence-corrected chi connectivity index (χ1v) is 9.08. The van der Waals surface area contributed by atoms with Gasteiger partial charge < -0.3 is 9.64 Å². The Bertz CT molecular complexity index is 813. The summed E-state index contributed by atoms with van der Waals surface area (Å²) in [6.45, 7) is 2.72. The highest BCUT2D eigenvalue weighted by molar-refractivity contribution is 5.94. The molecule has 2 aliphatic rings. The number of amides is 1. The zero-order chi connectivity index (χ0) is 18.9. The van der Waals surface area contributed by atoms with Crippen molar-refractivity contribution in [1.29, 1.82) is 0 Å². The first kappa shape index (κ1) is 17.8. The van der Waals surface area contributed by atoms with Crippen LogP contribution in [-0.4, -0.2) is 69.7 Å². The molecule has 7 nitrogen and oxygen atoms in total. The second kappa shape index (κ2) is 7.19. The van der Waals surface area contributed by atoms with E-state index >= 15 is 0 Å². The molecule has 142 valence electrons. The second-order valence-corrected chi connectivity index (χ2v) is 7.40. The quantitative estimate of drug-likeness (QED) is 0.814. The molecule has 0 unspecified atom stereocenters. The average Bonchev–Trinajstić information content (AvgIpc) is 2.67. The van der Waals surface area contributed by atoms with Crippen molar-refractivity contribution in [2.75, 3.05) is 33.3 Å². The van der Waals surface area contributed by atoms with Crippen molar-refractivity contribution in [3.8, 4) is 5.88 Å². The smallest absolute Gasteiger partial charge is 0.255 e. The first-order valence-electron chi connectivity index (χ1n) is 9.08. The number of likely N-dealkylation sites (N-methyl/N-ethyl adjacent to an activating group) is 1. The summed E-state index contributed by atoms with van der Waals surface area (Å²) in [5.74, 6) is -0.0899. The largest absolute Gasteiger partial charge is 0.475 e. The Hall–Kier alpha value is -2.61. The molecule has 2 aromatic rings. The van der Waals surface area contributed by atoms with Gasteiger partial charge >= 0.3 is 0 Å². The highest BCUT2D eigenvalue weighted by Crippen LogP contribution is 2.39. The molecule has 0 radical (unpaired) electrons. The van der Waals surface area contributed by atoms with E-state index in [9.17, 15) is 9.18 Å². The second-order valence-electron chi connectivity index (χ2n) is 7.40. The third kappa shape index (κ3) is 3.49. The number of likely N-dealkylation sites (tertiary alicyclic amines) is 2. The number of rotatable bonds is 4. The molecule has 0 aliphatic carbocycles. The van der Waals surface area contributed by atoms with Gasteiger partial charge in [0.15, 0.2) is 5.82 Å². The van der Waals surface area contributed by atoms with Crippen LogP contribution < -0.4 is 4.74 Å². The molecule has 0 aromatic carbocycles. The predicted octanol–water partition coefficient (Wildman–Crippen LogP) is 1.63. The number of piperidine rings is 1. The number of carbonyl (C=O) groups is 1. The number of pyridine rings is 1. The Kier molecular flexibility index (Phi) is 4.73. The molecule has 4 heterocycles. The zero-order valence-corrected chi connectivity index (χ0v) is 15.2. The minimum absolute atomic E-state index is 0.0159. The molecule has 1 amide bonds. The number of nitrogens with zero attached hydrogens (tertiary/aromatic N) is 5. The number of hydrogen-bond acceptors (Lipinski definition) is 6. The lowest BCUT2D eigenvalue weighted by atomic mass is 9.75. The Morgan fingerprint density at radius 1 is 1.33 bits per heavy atom. The van der Waals surface area contributed by atoms with Gasteiger partial charge in [0.1, 0.15) is 0 Å². The maximum atomic E-state index is 13.7. The first-order chi connectivity index (χ1) is 13.1. The molecule has 2 fully saturated rings. The standard InChI is InChI=1S/C19H22FN5O2/c1-24-8-5-14(11-27-17-16(20)3-2-6-21-17)9-19(24)12-25(13-19)18(26)15-4-7-22-23-10-15/h2-4,6-7,10,14H,5,8-9,11-13H2,1H3/t14-/m1/s1. The van der Waals surface area contributed by atoms with Crippen LogP contribution in [0.5, 0.6) is 5.88 Å². The van der Waals surface area contributed by atoms with Crippen LogP contribution in [0.15, 0.2) is 36.8 Å². The maximum absolute atomic E-state index is 13.7. The lowest BCUT2D eigenvalue weighted by Gasteiger charge is -2.58. The summed E-state index contributed by atoms with van der Waals surface area (Å²) in [7, 11) is 2.10. The molecule has 0 saturated carbocycles. The van der Waals surface area contributed by atoms with E-state index in [1.165, 1.54) is 24.7 Å². The van der Waals surface area contributed by atoms with E-state index in [0.29, 0.717) is 31.2 Å². The van der Waals surface area contributed by atoms with Crippen molar-refractivity contribution in [3.63, 3.8) is 0 Å². The SMILES string of the molecule is CN1CC[C@@H](COc2ncccc2F)CC12CN(C(=O)c1ccnnc1)C2. The molecule has 0 N–H and O–H groups in total. The normalized spacial score (nSPS) is 21.7. The highest BCUT2D eigenvalue weighted by Gasteiger charge is 2.51. The van der Waals surface area contributed by atoms with Gasteiger partial charge in [0.05, 0.1) is 30.1 Å². The minimum Gasteiger partial charge on any atom is -0.475 e. The summed E-state index contributed by atoms with van der Waals surface area (Å²) in [5, 5.41) is 7.49. The molecular weight excluding hydrogens is 349 g/mol. The van der Waals surface area contributed by atoms with Crippen LogP contribution in [-0.2, 0) is 0 Å². The Labute approximate surface area is 157 Å². The zero-order valence-electron chi connectivity index (χ0n) is 15.2. The van der Waals surface area contributed by atoms with Crippen molar-refractivity contribution in [2.45, 2.75) is 18.4 Å². The van der Waals surface area contributed by atoms with Crippen LogP contribution in [0.25, 0.3) is 0 Å². The van der Waals surface area contributed by atoms with E-state index in [0.717, 1.165) is 19.4 Å². The summed E-state index contributed by atoms with van der Waals surface area (Å²) in [4.78, 5) is 20.7. The minimum atomic E-state index is -0.438. The van der Waals surface area contributed by atoms with Crippen LogP contribution >= 0.6 is 0 Å². The van der Waals surface area contributed by atoms with E-state index in [4.69, 9.17) is 4.74 Å². The van der Waals surface area contributed by atoms with Crippen molar-refractivity contribution < 1.29 is 13.9 Å². The fourth-order valence-corrected chi connectivity index (χ4v) is 4.00. The lowest BCUT2D eigenvalue weighted by molar-refractivity contribution is -0.0697. The van der Waals surface area contributed by atoms with E-state index in [1.807, 2.05) is 4.90 Å². The summed E-state index contributed by atoms with van der Waals surface area (Å²) in [6.07, 6.45) is 6.44. The molecule has 1 spiro atoms. The third-order valence-electron chi connectivity index (χ3n) is 5.62.